The van der Waals surface area contributed by atoms with Gasteiger partial charge in [0.05, 0.1) is 5.41 Å². The summed E-state index contributed by atoms with van der Waals surface area (Å²) < 4.78 is 0. The molecule has 1 aliphatic heterocycles. The van der Waals surface area contributed by atoms with Crippen LogP contribution in [0.1, 0.15) is 20.3 Å². The molecule has 1 saturated heterocycles. The van der Waals surface area contributed by atoms with Crippen molar-refractivity contribution in [2.75, 3.05) is 13.1 Å². The fraction of sp³-hybridized carbons (Fsp3) is 0.600. The van der Waals surface area contributed by atoms with Gasteiger partial charge in [-0.15, -0.1) is 0 Å². The summed E-state index contributed by atoms with van der Waals surface area (Å²) in [5.41, 5.74) is -0.788. The van der Waals surface area contributed by atoms with Gasteiger partial charge < -0.3 is 10.4 Å². The van der Waals surface area contributed by atoms with Crippen molar-refractivity contribution in [2.45, 2.75) is 20.3 Å². The molecule has 2 N–H and O–H groups in total. The van der Waals surface area contributed by atoms with Gasteiger partial charge >= 0.3 is 5.97 Å². The van der Waals surface area contributed by atoms with Crippen molar-refractivity contribution in [1.29, 1.82) is 0 Å². The van der Waals surface area contributed by atoms with Gasteiger partial charge in [-0.25, -0.2) is 0 Å². The first kappa shape index (κ1) is 13.1. The SMILES string of the molecule is CC1(C)CC(=O)N(CC(=O)NCC(=O)O)C1=O. The number of hydrogen-bond donors (Lipinski definition) is 2. The summed E-state index contributed by atoms with van der Waals surface area (Å²) >= 11 is 0. The molecule has 1 aliphatic rings. The highest BCUT2D eigenvalue weighted by molar-refractivity contribution is 6.07. The molecule has 1 heterocycles. The van der Waals surface area contributed by atoms with Crippen molar-refractivity contribution >= 4 is 23.7 Å². The zero-order chi connectivity index (χ0) is 13.2. The summed E-state index contributed by atoms with van der Waals surface area (Å²) in [6.45, 7) is 2.30. The van der Waals surface area contributed by atoms with Crippen LogP contribution in [0.15, 0.2) is 0 Å². The second-order valence-electron chi connectivity index (χ2n) is 4.52. The summed E-state index contributed by atoms with van der Waals surface area (Å²) in [4.78, 5) is 45.6. The molecule has 0 aromatic rings. The number of nitrogens with one attached hydrogen (secondary N) is 1. The van der Waals surface area contributed by atoms with Crippen LogP contribution in [0.5, 0.6) is 0 Å². The molecule has 3 amide bonds. The van der Waals surface area contributed by atoms with Crippen molar-refractivity contribution < 1.29 is 24.3 Å². The molecule has 17 heavy (non-hydrogen) atoms. The van der Waals surface area contributed by atoms with E-state index >= 15 is 0 Å². The third-order valence-electron chi connectivity index (χ3n) is 2.46. The van der Waals surface area contributed by atoms with Gasteiger partial charge in [-0.2, -0.15) is 0 Å². The summed E-state index contributed by atoms with van der Waals surface area (Å²) in [7, 11) is 0. The Bertz CT molecular complexity index is 388. The number of carbonyl (C=O) groups excluding carboxylic acids is 3. The van der Waals surface area contributed by atoms with E-state index in [0.29, 0.717) is 0 Å². The first-order chi connectivity index (χ1) is 7.74. The molecule has 0 bridgehead atoms. The average Bonchev–Trinajstić information content (AvgIpc) is 2.38. The topological polar surface area (TPSA) is 104 Å². The molecule has 0 aromatic carbocycles. The first-order valence-corrected chi connectivity index (χ1v) is 5.07. The zero-order valence-electron chi connectivity index (χ0n) is 9.65. The molecule has 7 nitrogen and oxygen atoms in total. The van der Waals surface area contributed by atoms with Crippen LogP contribution in [0.3, 0.4) is 0 Å². The Hall–Kier alpha value is -1.92. The van der Waals surface area contributed by atoms with Gasteiger partial charge in [-0.05, 0) is 0 Å². The number of hydrogen-bond acceptors (Lipinski definition) is 4. The van der Waals surface area contributed by atoms with E-state index in [1.54, 1.807) is 13.8 Å². The maximum Gasteiger partial charge on any atom is 0.322 e. The highest BCUT2D eigenvalue weighted by atomic mass is 16.4. The number of rotatable bonds is 4. The van der Waals surface area contributed by atoms with Crippen molar-refractivity contribution in [3.8, 4) is 0 Å². The second kappa shape index (κ2) is 4.52. The highest BCUT2D eigenvalue weighted by Crippen LogP contribution is 2.31. The number of likely N-dealkylation sites (tertiary alicyclic amines) is 1. The zero-order valence-corrected chi connectivity index (χ0v) is 9.65. The van der Waals surface area contributed by atoms with Crippen LogP contribution >= 0.6 is 0 Å². The maximum absolute atomic E-state index is 11.7. The van der Waals surface area contributed by atoms with Crippen LogP contribution in [0.4, 0.5) is 0 Å². The standard InChI is InChI=1S/C10H14N2O5/c1-10(2)3-7(14)12(9(10)17)5-6(13)11-4-8(15)16/h3-5H2,1-2H3,(H,11,13)(H,15,16). The lowest BCUT2D eigenvalue weighted by Crippen LogP contribution is -2.42. The monoisotopic (exact) mass is 242 g/mol. The minimum Gasteiger partial charge on any atom is -0.480 e. The molecule has 0 spiro atoms. The number of carbonyl (C=O) groups is 4. The minimum absolute atomic E-state index is 0.0675. The molecule has 1 rings (SSSR count). The van der Waals surface area contributed by atoms with Gasteiger partial charge in [0.15, 0.2) is 0 Å². The molecular formula is C10H14N2O5. The molecule has 0 aromatic heterocycles. The third kappa shape index (κ3) is 3.02. The quantitative estimate of drug-likeness (QED) is 0.613. The van der Waals surface area contributed by atoms with E-state index < -0.39 is 42.2 Å². The van der Waals surface area contributed by atoms with Crippen molar-refractivity contribution in [1.82, 2.24) is 10.2 Å². The molecule has 0 unspecified atom stereocenters. The van der Waals surface area contributed by atoms with E-state index in [1.165, 1.54) is 0 Å². The van der Waals surface area contributed by atoms with Gasteiger partial charge in [0.2, 0.25) is 17.7 Å². The van der Waals surface area contributed by atoms with E-state index in [9.17, 15) is 19.2 Å². The lowest BCUT2D eigenvalue weighted by molar-refractivity contribution is -0.144. The largest absolute Gasteiger partial charge is 0.480 e. The Morgan fingerprint density at radius 1 is 1.41 bits per heavy atom. The number of imide groups is 1. The second-order valence-corrected chi connectivity index (χ2v) is 4.52. The van der Waals surface area contributed by atoms with Crippen LogP contribution in [0.2, 0.25) is 0 Å². The Morgan fingerprint density at radius 3 is 2.41 bits per heavy atom. The van der Waals surface area contributed by atoms with E-state index in [4.69, 9.17) is 5.11 Å². The lowest BCUT2D eigenvalue weighted by Gasteiger charge is -2.16. The highest BCUT2D eigenvalue weighted by Gasteiger charge is 2.45. The predicted molar refractivity (Wildman–Crippen MR) is 55.8 cm³/mol. The number of nitrogens with zero attached hydrogens (tertiary/aromatic N) is 1. The average molecular weight is 242 g/mol. The van der Waals surface area contributed by atoms with Gasteiger partial charge in [0.25, 0.3) is 0 Å². The van der Waals surface area contributed by atoms with Crippen LogP contribution in [0.25, 0.3) is 0 Å². The van der Waals surface area contributed by atoms with E-state index in [2.05, 4.69) is 5.32 Å². The Kier molecular flexibility index (Phi) is 3.50. The smallest absolute Gasteiger partial charge is 0.322 e. The molecule has 7 heteroatoms. The summed E-state index contributed by atoms with van der Waals surface area (Å²) in [6.07, 6.45) is 0.0675. The Balaban J connectivity index is 2.58. The van der Waals surface area contributed by atoms with Gasteiger partial charge in [-0.1, -0.05) is 13.8 Å². The first-order valence-electron chi connectivity index (χ1n) is 5.07. The van der Waals surface area contributed by atoms with Gasteiger partial charge in [-0.3, -0.25) is 24.1 Å². The molecule has 0 radical (unpaired) electrons. The lowest BCUT2D eigenvalue weighted by atomic mass is 9.92. The molecule has 94 valence electrons. The molecule has 0 saturated carbocycles. The number of carboxylic acid groups (broad SMARTS) is 1. The number of amides is 3. The third-order valence-corrected chi connectivity index (χ3v) is 2.46. The summed E-state index contributed by atoms with van der Waals surface area (Å²) in [5.74, 6) is -2.66. The Morgan fingerprint density at radius 2 is 2.00 bits per heavy atom. The van der Waals surface area contributed by atoms with Crippen LogP contribution in [-0.2, 0) is 19.2 Å². The number of carboxylic acids is 1. The maximum atomic E-state index is 11.7. The van der Waals surface area contributed by atoms with Crippen LogP contribution in [-0.4, -0.2) is 46.8 Å². The fourth-order valence-electron chi connectivity index (χ4n) is 1.56. The van der Waals surface area contributed by atoms with Gasteiger partial charge in [0, 0.05) is 6.42 Å². The summed E-state index contributed by atoms with van der Waals surface area (Å²) in [5, 5.41) is 10.4. The van der Waals surface area contributed by atoms with E-state index in [0.717, 1.165) is 4.90 Å². The molecule has 0 atom stereocenters. The van der Waals surface area contributed by atoms with E-state index in [-0.39, 0.29) is 6.42 Å². The van der Waals surface area contributed by atoms with Gasteiger partial charge in [0.1, 0.15) is 13.1 Å². The summed E-state index contributed by atoms with van der Waals surface area (Å²) in [6, 6.07) is 0. The minimum atomic E-state index is -1.18. The molecule has 0 aliphatic carbocycles. The van der Waals surface area contributed by atoms with Crippen molar-refractivity contribution in [3.05, 3.63) is 0 Å². The van der Waals surface area contributed by atoms with Crippen molar-refractivity contribution in [2.24, 2.45) is 5.41 Å². The normalized spacial score (nSPS) is 18.4. The van der Waals surface area contributed by atoms with Crippen LogP contribution < -0.4 is 5.32 Å². The predicted octanol–water partition coefficient (Wildman–Crippen LogP) is -1.03. The van der Waals surface area contributed by atoms with Crippen LogP contribution in [0, 0.1) is 5.41 Å². The molecule has 1 fully saturated rings. The van der Waals surface area contributed by atoms with Crippen molar-refractivity contribution in [3.63, 3.8) is 0 Å². The van der Waals surface area contributed by atoms with E-state index in [1.807, 2.05) is 0 Å². The molecular weight excluding hydrogens is 228 g/mol. The Labute approximate surface area is 97.8 Å². The number of aliphatic carboxylic acids is 1. The fourth-order valence-corrected chi connectivity index (χ4v) is 1.56.